The standard InChI is InChI=1S/C15H15ClIN5O/c1-2-3-7-22-13(19-20-21-22)9-23-15-12(17)8-11(16)10-5-4-6-18-14(10)15/h4-6,8H,2-3,7,9H2,1H3. The fraction of sp³-hybridized carbons (Fsp3) is 0.333. The molecule has 0 atom stereocenters. The van der Waals surface area contributed by atoms with Crippen molar-refractivity contribution in [1.82, 2.24) is 25.2 Å². The quantitative estimate of drug-likeness (QED) is 0.541. The van der Waals surface area contributed by atoms with Gasteiger partial charge in [0.1, 0.15) is 12.1 Å². The summed E-state index contributed by atoms with van der Waals surface area (Å²) in [4.78, 5) is 4.40. The van der Waals surface area contributed by atoms with Gasteiger partial charge in [0.25, 0.3) is 0 Å². The summed E-state index contributed by atoms with van der Waals surface area (Å²) in [6, 6.07) is 5.66. The molecule has 0 aliphatic carbocycles. The van der Waals surface area contributed by atoms with E-state index in [-0.39, 0.29) is 0 Å². The highest BCUT2D eigenvalue weighted by atomic mass is 127. The van der Waals surface area contributed by atoms with E-state index in [2.05, 4.69) is 50.0 Å². The molecule has 0 saturated heterocycles. The molecule has 2 heterocycles. The third-order valence-electron chi connectivity index (χ3n) is 3.43. The van der Waals surface area contributed by atoms with Crippen molar-refractivity contribution in [3.05, 3.63) is 38.8 Å². The van der Waals surface area contributed by atoms with Crippen molar-refractivity contribution >= 4 is 45.1 Å². The zero-order valence-corrected chi connectivity index (χ0v) is 15.5. The molecule has 6 nitrogen and oxygen atoms in total. The molecule has 3 rings (SSSR count). The number of halogens is 2. The minimum Gasteiger partial charge on any atom is -0.482 e. The van der Waals surface area contributed by atoms with E-state index in [1.807, 2.05) is 18.2 Å². The third-order valence-corrected chi connectivity index (χ3v) is 4.54. The second kappa shape index (κ2) is 7.39. The predicted octanol–water partition coefficient (Wildman–Crippen LogP) is 3.86. The van der Waals surface area contributed by atoms with E-state index in [9.17, 15) is 0 Å². The first-order valence-electron chi connectivity index (χ1n) is 7.31. The molecule has 0 unspecified atom stereocenters. The van der Waals surface area contributed by atoms with Gasteiger partial charge in [-0.25, -0.2) is 4.68 Å². The number of rotatable bonds is 6. The average molecular weight is 444 g/mol. The molecule has 0 N–H and O–H groups in total. The van der Waals surface area contributed by atoms with Crippen LogP contribution in [-0.4, -0.2) is 25.2 Å². The van der Waals surface area contributed by atoms with Gasteiger partial charge >= 0.3 is 0 Å². The summed E-state index contributed by atoms with van der Waals surface area (Å²) in [5.74, 6) is 1.41. The van der Waals surface area contributed by atoms with Gasteiger partial charge in [-0.1, -0.05) is 24.9 Å². The first-order valence-corrected chi connectivity index (χ1v) is 8.77. The molecule has 0 saturated carbocycles. The smallest absolute Gasteiger partial charge is 0.189 e. The number of hydrogen-bond donors (Lipinski definition) is 0. The van der Waals surface area contributed by atoms with Crippen molar-refractivity contribution in [2.75, 3.05) is 0 Å². The minimum atomic E-state index is 0.292. The van der Waals surface area contributed by atoms with E-state index in [0.29, 0.717) is 23.2 Å². The summed E-state index contributed by atoms with van der Waals surface area (Å²) in [6.07, 6.45) is 3.84. The Morgan fingerprint density at radius 3 is 3.09 bits per heavy atom. The normalized spacial score (nSPS) is 11.1. The van der Waals surface area contributed by atoms with Gasteiger partial charge in [0.05, 0.1) is 8.59 Å². The predicted molar refractivity (Wildman–Crippen MR) is 96.5 cm³/mol. The molecule has 2 aromatic heterocycles. The Morgan fingerprint density at radius 1 is 1.39 bits per heavy atom. The van der Waals surface area contributed by atoms with Crippen LogP contribution in [-0.2, 0) is 13.2 Å². The lowest BCUT2D eigenvalue weighted by atomic mass is 10.2. The summed E-state index contributed by atoms with van der Waals surface area (Å²) in [5.41, 5.74) is 0.747. The number of hydrogen-bond acceptors (Lipinski definition) is 5. The van der Waals surface area contributed by atoms with Gasteiger partial charge < -0.3 is 4.74 Å². The molecule has 23 heavy (non-hydrogen) atoms. The minimum absolute atomic E-state index is 0.292. The van der Waals surface area contributed by atoms with Crippen molar-refractivity contribution in [3.63, 3.8) is 0 Å². The highest BCUT2D eigenvalue weighted by molar-refractivity contribution is 14.1. The van der Waals surface area contributed by atoms with Gasteiger partial charge in [0, 0.05) is 18.1 Å². The van der Waals surface area contributed by atoms with Gasteiger partial charge in [-0.05, 0) is 57.6 Å². The Hall–Kier alpha value is -1.48. The van der Waals surface area contributed by atoms with Gasteiger partial charge in [-0.3, -0.25) is 4.98 Å². The van der Waals surface area contributed by atoms with Crippen LogP contribution in [0.2, 0.25) is 5.02 Å². The third kappa shape index (κ3) is 3.55. The van der Waals surface area contributed by atoms with Crippen LogP contribution in [0.4, 0.5) is 0 Å². The van der Waals surface area contributed by atoms with Crippen LogP contribution in [0.15, 0.2) is 24.4 Å². The van der Waals surface area contributed by atoms with Crippen LogP contribution < -0.4 is 4.74 Å². The lowest BCUT2D eigenvalue weighted by Gasteiger charge is -2.11. The van der Waals surface area contributed by atoms with E-state index in [1.165, 1.54) is 0 Å². The second-order valence-corrected chi connectivity index (χ2v) is 6.60. The summed E-state index contributed by atoms with van der Waals surface area (Å²) in [6.45, 7) is 3.22. The fourth-order valence-corrected chi connectivity index (χ4v) is 3.40. The first kappa shape index (κ1) is 16.4. The number of unbranched alkanes of at least 4 members (excludes halogenated alkanes) is 1. The van der Waals surface area contributed by atoms with Crippen molar-refractivity contribution in [2.45, 2.75) is 32.9 Å². The molecule has 0 aliphatic heterocycles. The maximum Gasteiger partial charge on any atom is 0.189 e. The van der Waals surface area contributed by atoms with Crippen molar-refractivity contribution in [1.29, 1.82) is 0 Å². The molecule has 8 heteroatoms. The number of ether oxygens (including phenoxy) is 1. The number of tetrazole rings is 1. The fourth-order valence-electron chi connectivity index (χ4n) is 2.23. The lowest BCUT2D eigenvalue weighted by Crippen LogP contribution is -2.09. The molecule has 3 aromatic rings. The lowest BCUT2D eigenvalue weighted by molar-refractivity contribution is 0.286. The second-order valence-electron chi connectivity index (χ2n) is 5.03. The van der Waals surface area contributed by atoms with Crippen LogP contribution in [0.3, 0.4) is 0 Å². The van der Waals surface area contributed by atoms with Gasteiger partial charge in [-0.2, -0.15) is 0 Å². The van der Waals surface area contributed by atoms with E-state index >= 15 is 0 Å². The molecule has 0 bridgehead atoms. The van der Waals surface area contributed by atoms with Crippen LogP contribution in [0, 0.1) is 3.57 Å². The Bertz CT molecular complexity index is 823. The number of aromatic nitrogens is 5. The van der Waals surface area contributed by atoms with Crippen LogP contribution in [0.5, 0.6) is 5.75 Å². The maximum absolute atomic E-state index is 6.28. The topological polar surface area (TPSA) is 65.7 Å². The molecule has 0 spiro atoms. The van der Waals surface area contributed by atoms with E-state index in [0.717, 1.165) is 33.9 Å². The molecule has 0 amide bonds. The molecule has 0 aliphatic rings. The maximum atomic E-state index is 6.28. The molecular weight excluding hydrogens is 429 g/mol. The van der Waals surface area contributed by atoms with Crippen molar-refractivity contribution in [2.24, 2.45) is 0 Å². The molecule has 0 radical (unpaired) electrons. The van der Waals surface area contributed by atoms with E-state index in [1.54, 1.807) is 10.9 Å². The van der Waals surface area contributed by atoms with Crippen LogP contribution in [0.25, 0.3) is 10.9 Å². The number of fused-ring (bicyclic) bond motifs is 1. The van der Waals surface area contributed by atoms with Crippen LogP contribution in [0.1, 0.15) is 25.6 Å². The highest BCUT2D eigenvalue weighted by Crippen LogP contribution is 2.34. The molecule has 1 aromatic carbocycles. The highest BCUT2D eigenvalue weighted by Gasteiger charge is 2.14. The summed E-state index contributed by atoms with van der Waals surface area (Å²) >= 11 is 8.48. The first-order chi connectivity index (χ1) is 11.2. The largest absolute Gasteiger partial charge is 0.482 e. The Morgan fingerprint density at radius 2 is 2.26 bits per heavy atom. The SMILES string of the molecule is CCCCn1nnnc1COc1c(I)cc(Cl)c2cccnc12. The van der Waals surface area contributed by atoms with Crippen molar-refractivity contribution in [3.8, 4) is 5.75 Å². The monoisotopic (exact) mass is 443 g/mol. The summed E-state index contributed by atoms with van der Waals surface area (Å²) in [7, 11) is 0. The number of nitrogens with zero attached hydrogens (tertiary/aromatic N) is 5. The Labute approximate surface area is 152 Å². The zero-order chi connectivity index (χ0) is 16.2. The zero-order valence-electron chi connectivity index (χ0n) is 12.5. The van der Waals surface area contributed by atoms with E-state index < -0.39 is 0 Å². The average Bonchev–Trinajstić information content (AvgIpc) is 3.00. The summed E-state index contributed by atoms with van der Waals surface area (Å²) in [5, 5.41) is 13.3. The summed E-state index contributed by atoms with van der Waals surface area (Å²) < 4.78 is 8.67. The van der Waals surface area contributed by atoms with Crippen molar-refractivity contribution < 1.29 is 4.74 Å². The Kier molecular flexibility index (Phi) is 5.27. The molecule has 120 valence electrons. The van der Waals surface area contributed by atoms with Gasteiger partial charge in [0.2, 0.25) is 0 Å². The van der Waals surface area contributed by atoms with E-state index in [4.69, 9.17) is 16.3 Å². The number of benzene rings is 1. The van der Waals surface area contributed by atoms with Gasteiger partial charge in [-0.15, -0.1) is 5.10 Å². The number of pyridine rings is 1. The van der Waals surface area contributed by atoms with Gasteiger partial charge in [0.15, 0.2) is 11.6 Å². The Balaban J connectivity index is 1.87. The molecule has 0 fully saturated rings. The molecular formula is C15H15ClIN5O. The number of aryl methyl sites for hydroxylation is 1. The van der Waals surface area contributed by atoms with Crippen LogP contribution >= 0.6 is 34.2 Å².